The van der Waals surface area contributed by atoms with Crippen molar-refractivity contribution in [2.45, 2.75) is 0 Å². The summed E-state index contributed by atoms with van der Waals surface area (Å²) < 4.78 is 15.6. The lowest BCUT2D eigenvalue weighted by Crippen LogP contribution is -2.08. The Morgan fingerprint density at radius 2 is 1.93 bits per heavy atom. The smallest absolute Gasteiger partial charge is 0.379 e. The van der Waals surface area contributed by atoms with Gasteiger partial charge in [-0.25, -0.2) is 4.79 Å². The fourth-order valence-corrected chi connectivity index (χ4v) is 2.51. The monoisotopic (exact) mass is 379 g/mol. The SMILES string of the molecule is COc1cc(/C=C(/C#N)c2ccc(Cl)cc2)ccc1OC(=O)c1ccco1. The van der Waals surface area contributed by atoms with Crippen LogP contribution in [0, 0.1) is 11.3 Å². The third kappa shape index (κ3) is 4.38. The molecule has 0 bridgehead atoms. The van der Waals surface area contributed by atoms with E-state index in [2.05, 4.69) is 6.07 Å². The zero-order chi connectivity index (χ0) is 19.2. The first-order chi connectivity index (χ1) is 13.1. The maximum absolute atomic E-state index is 12.0. The minimum absolute atomic E-state index is 0.0931. The number of nitrogens with zero attached hydrogens (tertiary/aromatic N) is 1. The Labute approximate surface area is 161 Å². The summed E-state index contributed by atoms with van der Waals surface area (Å²) in [6.07, 6.45) is 3.10. The highest BCUT2D eigenvalue weighted by Crippen LogP contribution is 2.30. The number of methoxy groups -OCH3 is 1. The Bertz CT molecular complexity index is 1020. The molecule has 0 unspecified atom stereocenters. The molecule has 0 fully saturated rings. The van der Waals surface area contributed by atoms with Crippen molar-refractivity contribution in [3.8, 4) is 17.6 Å². The zero-order valence-electron chi connectivity index (χ0n) is 14.3. The Morgan fingerprint density at radius 1 is 1.15 bits per heavy atom. The summed E-state index contributed by atoms with van der Waals surface area (Å²) in [4.78, 5) is 12.0. The molecule has 1 heterocycles. The van der Waals surface area contributed by atoms with Gasteiger partial charge in [-0.3, -0.25) is 0 Å². The molecule has 0 saturated heterocycles. The topological polar surface area (TPSA) is 72.5 Å². The van der Waals surface area contributed by atoms with Crippen molar-refractivity contribution in [1.29, 1.82) is 5.26 Å². The molecule has 1 aromatic heterocycles. The highest BCUT2D eigenvalue weighted by molar-refractivity contribution is 6.30. The van der Waals surface area contributed by atoms with E-state index in [-0.39, 0.29) is 11.5 Å². The van der Waals surface area contributed by atoms with E-state index < -0.39 is 5.97 Å². The lowest BCUT2D eigenvalue weighted by atomic mass is 10.0. The highest BCUT2D eigenvalue weighted by Gasteiger charge is 2.15. The van der Waals surface area contributed by atoms with E-state index in [0.717, 1.165) is 11.1 Å². The number of carbonyl (C=O) groups excluding carboxylic acids is 1. The summed E-state index contributed by atoms with van der Waals surface area (Å²) in [5, 5.41) is 10.1. The molecule has 27 heavy (non-hydrogen) atoms. The Hall–Kier alpha value is -3.49. The van der Waals surface area contributed by atoms with Crippen molar-refractivity contribution in [1.82, 2.24) is 0 Å². The van der Waals surface area contributed by atoms with Crippen molar-refractivity contribution < 1.29 is 18.7 Å². The average Bonchev–Trinajstić information content (AvgIpc) is 3.23. The van der Waals surface area contributed by atoms with Gasteiger partial charge in [-0.1, -0.05) is 29.8 Å². The van der Waals surface area contributed by atoms with Crippen LogP contribution in [-0.4, -0.2) is 13.1 Å². The van der Waals surface area contributed by atoms with Crippen LogP contribution in [0.5, 0.6) is 11.5 Å². The summed E-state index contributed by atoms with van der Waals surface area (Å²) in [6.45, 7) is 0. The number of esters is 1. The number of hydrogen-bond acceptors (Lipinski definition) is 5. The van der Waals surface area contributed by atoms with Crippen molar-refractivity contribution in [2.75, 3.05) is 7.11 Å². The van der Waals surface area contributed by atoms with Crippen LogP contribution in [-0.2, 0) is 0 Å². The average molecular weight is 380 g/mol. The van der Waals surface area contributed by atoms with Gasteiger partial charge in [-0.15, -0.1) is 0 Å². The van der Waals surface area contributed by atoms with E-state index in [1.165, 1.54) is 19.4 Å². The van der Waals surface area contributed by atoms with E-state index in [1.54, 1.807) is 54.6 Å². The molecule has 134 valence electrons. The number of nitriles is 1. The molecule has 0 aliphatic heterocycles. The van der Waals surface area contributed by atoms with Crippen LogP contribution in [0.3, 0.4) is 0 Å². The summed E-state index contributed by atoms with van der Waals surface area (Å²) in [5.41, 5.74) is 1.93. The number of halogens is 1. The van der Waals surface area contributed by atoms with Gasteiger partial charge in [0, 0.05) is 5.02 Å². The summed E-state index contributed by atoms with van der Waals surface area (Å²) >= 11 is 5.89. The van der Waals surface area contributed by atoms with Gasteiger partial charge in [0.15, 0.2) is 11.5 Å². The second-order valence-electron chi connectivity index (χ2n) is 5.45. The van der Waals surface area contributed by atoms with Crippen LogP contribution in [0.1, 0.15) is 21.7 Å². The zero-order valence-corrected chi connectivity index (χ0v) is 15.1. The largest absolute Gasteiger partial charge is 0.493 e. The molecule has 3 rings (SSSR count). The van der Waals surface area contributed by atoms with Crippen LogP contribution in [0.15, 0.2) is 65.3 Å². The summed E-state index contributed by atoms with van der Waals surface area (Å²) in [6, 6.07) is 17.3. The van der Waals surface area contributed by atoms with Crippen LogP contribution in [0.2, 0.25) is 5.02 Å². The second kappa shape index (κ2) is 8.26. The van der Waals surface area contributed by atoms with E-state index in [1.807, 2.05) is 0 Å². The van der Waals surface area contributed by atoms with Crippen LogP contribution in [0.25, 0.3) is 11.6 Å². The van der Waals surface area contributed by atoms with Crippen molar-refractivity contribution in [2.24, 2.45) is 0 Å². The van der Waals surface area contributed by atoms with Gasteiger partial charge in [-0.05, 0) is 53.6 Å². The molecule has 0 aliphatic carbocycles. The second-order valence-corrected chi connectivity index (χ2v) is 5.89. The van der Waals surface area contributed by atoms with Gasteiger partial charge >= 0.3 is 5.97 Å². The molecular formula is C21H14ClNO4. The predicted octanol–water partition coefficient (Wildman–Crippen LogP) is 5.22. The third-order valence-electron chi connectivity index (χ3n) is 3.70. The van der Waals surface area contributed by atoms with E-state index in [0.29, 0.717) is 16.3 Å². The van der Waals surface area contributed by atoms with Gasteiger partial charge in [-0.2, -0.15) is 5.26 Å². The van der Waals surface area contributed by atoms with Crippen LogP contribution in [0.4, 0.5) is 0 Å². The van der Waals surface area contributed by atoms with E-state index >= 15 is 0 Å². The highest BCUT2D eigenvalue weighted by atomic mass is 35.5. The number of ether oxygens (including phenoxy) is 2. The molecule has 0 saturated carbocycles. The molecule has 5 nitrogen and oxygen atoms in total. The molecular weight excluding hydrogens is 366 g/mol. The lowest BCUT2D eigenvalue weighted by Gasteiger charge is -2.09. The molecule has 0 spiro atoms. The Balaban J connectivity index is 1.88. The Morgan fingerprint density at radius 3 is 2.56 bits per heavy atom. The first-order valence-corrected chi connectivity index (χ1v) is 8.30. The van der Waals surface area contributed by atoms with Crippen molar-refractivity contribution in [3.05, 3.63) is 82.8 Å². The van der Waals surface area contributed by atoms with Gasteiger partial charge < -0.3 is 13.9 Å². The Kier molecular flexibility index (Phi) is 5.60. The van der Waals surface area contributed by atoms with Gasteiger partial charge in [0.1, 0.15) is 0 Å². The number of rotatable bonds is 5. The summed E-state index contributed by atoms with van der Waals surface area (Å²) in [7, 11) is 1.47. The number of furan rings is 1. The van der Waals surface area contributed by atoms with Crippen LogP contribution >= 0.6 is 11.6 Å². The predicted molar refractivity (Wildman–Crippen MR) is 102 cm³/mol. The molecule has 6 heteroatoms. The van der Waals surface area contributed by atoms with Gasteiger partial charge in [0.25, 0.3) is 0 Å². The number of allylic oxidation sites excluding steroid dienone is 1. The molecule has 0 atom stereocenters. The number of carbonyl (C=O) groups is 1. The van der Waals surface area contributed by atoms with Gasteiger partial charge in [0.2, 0.25) is 5.76 Å². The third-order valence-corrected chi connectivity index (χ3v) is 3.95. The lowest BCUT2D eigenvalue weighted by molar-refractivity contribution is 0.0696. The van der Waals surface area contributed by atoms with Crippen molar-refractivity contribution >= 4 is 29.2 Å². The minimum Gasteiger partial charge on any atom is -0.493 e. The number of hydrogen-bond donors (Lipinski definition) is 0. The minimum atomic E-state index is -0.625. The summed E-state index contributed by atoms with van der Waals surface area (Å²) in [5.74, 6) is 0.0779. The quantitative estimate of drug-likeness (QED) is 0.263. The van der Waals surface area contributed by atoms with Gasteiger partial charge in [0.05, 0.1) is 25.0 Å². The molecule has 0 aliphatic rings. The molecule has 0 N–H and O–H groups in total. The molecule has 0 radical (unpaired) electrons. The maximum Gasteiger partial charge on any atom is 0.379 e. The molecule has 2 aromatic carbocycles. The van der Waals surface area contributed by atoms with E-state index in [9.17, 15) is 10.1 Å². The number of benzene rings is 2. The maximum atomic E-state index is 12.0. The molecule has 0 amide bonds. The van der Waals surface area contributed by atoms with E-state index in [4.69, 9.17) is 25.5 Å². The fraction of sp³-hybridized carbons (Fsp3) is 0.0476. The van der Waals surface area contributed by atoms with Crippen LogP contribution < -0.4 is 9.47 Å². The van der Waals surface area contributed by atoms with Crippen molar-refractivity contribution in [3.63, 3.8) is 0 Å². The first kappa shape index (κ1) is 18.3. The normalized spacial score (nSPS) is 10.9. The molecule has 3 aromatic rings. The first-order valence-electron chi connectivity index (χ1n) is 7.92. The standard InChI is InChI=1S/C21H14ClNO4/c1-25-20-12-14(11-16(13-23)15-5-7-17(22)8-6-15)4-9-18(20)27-21(24)19-3-2-10-26-19/h2-12H,1H3/b16-11-. The fourth-order valence-electron chi connectivity index (χ4n) is 2.38.